The molecule has 3 aliphatic rings. The number of anilines is 1. The van der Waals surface area contributed by atoms with Crippen molar-refractivity contribution in [1.29, 1.82) is 0 Å². The van der Waals surface area contributed by atoms with E-state index in [0.717, 1.165) is 63.0 Å². The van der Waals surface area contributed by atoms with E-state index in [1.165, 1.54) is 24.1 Å². The van der Waals surface area contributed by atoms with Crippen LogP contribution in [0.15, 0.2) is 54.2 Å². The van der Waals surface area contributed by atoms with Gasteiger partial charge in [0.2, 0.25) is 0 Å². The van der Waals surface area contributed by atoms with Gasteiger partial charge in [0.15, 0.2) is 0 Å². The van der Waals surface area contributed by atoms with Gasteiger partial charge in [-0.25, -0.2) is 0 Å². The normalized spacial score (nSPS) is 20.4. The van der Waals surface area contributed by atoms with Crippen LogP contribution in [-0.2, 0) is 9.59 Å². The van der Waals surface area contributed by atoms with Gasteiger partial charge in [-0.05, 0) is 49.9 Å². The Kier molecular flexibility index (Phi) is 6.44. The molecule has 2 heterocycles. The second-order valence-corrected chi connectivity index (χ2v) is 10.0. The van der Waals surface area contributed by atoms with Gasteiger partial charge in [-0.15, -0.1) is 0 Å². The van der Waals surface area contributed by atoms with Crippen LogP contribution in [0.4, 0.5) is 5.69 Å². The van der Waals surface area contributed by atoms with E-state index in [1.54, 1.807) is 4.90 Å². The Balaban J connectivity index is 1.44. The van der Waals surface area contributed by atoms with Gasteiger partial charge in [0.05, 0.1) is 5.57 Å². The fourth-order valence-electron chi connectivity index (χ4n) is 5.67. The molecule has 0 atom stereocenters. The SMILES string of the molecule is Cc1ccc(C2=C(N3CCN(c4cccc(C)c4)CC3)C(=O)N(C3CCCCCC3)C2=O)cc1. The van der Waals surface area contributed by atoms with Crippen molar-refractivity contribution >= 4 is 23.1 Å². The number of benzene rings is 2. The first-order chi connectivity index (χ1) is 16.5. The summed E-state index contributed by atoms with van der Waals surface area (Å²) in [6.07, 6.45) is 6.41. The van der Waals surface area contributed by atoms with Crippen molar-refractivity contribution in [1.82, 2.24) is 9.80 Å². The maximum absolute atomic E-state index is 13.9. The summed E-state index contributed by atoms with van der Waals surface area (Å²) in [5.74, 6) is -0.187. The molecule has 5 rings (SSSR count). The molecule has 178 valence electrons. The second kappa shape index (κ2) is 9.65. The fraction of sp³-hybridized carbons (Fsp3) is 0.448. The minimum absolute atomic E-state index is 0.0223. The molecule has 5 nitrogen and oxygen atoms in total. The molecule has 5 heteroatoms. The highest BCUT2D eigenvalue weighted by Crippen LogP contribution is 2.36. The minimum Gasteiger partial charge on any atom is -0.368 e. The number of piperazine rings is 1. The van der Waals surface area contributed by atoms with Crippen molar-refractivity contribution in [3.05, 3.63) is 70.9 Å². The lowest BCUT2D eigenvalue weighted by molar-refractivity contribution is -0.140. The van der Waals surface area contributed by atoms with Crippen molar-refractivity contribution < 1.29 is 9.59 Å². The van der Waals surface area contributed by atoms with Crippen LogP contribution < -0.4 is 4.90 Å². The molecule has 2 amide bonds. The van der Waals surface area contributed by atoms with Gasteiger partial charge in [0, 0.05) is 37.9 Å². The number of amides is 2. The number of nitrogens with zero attached hydrogens (tertiary/aromatic N) is 3. The summed E-state index contributed by atoms with van der Waals surface area (Å²) in [7, 11) is 0. The summed E-state index contributed by atoms with van der Waals surface area (Å²) in [5, 5.41) is 0. The highest BCUT2D eigenvalue weighted by molar-refractivity contribution is 6.35. The number of carbonyl (C=O) groups excluding carboxylic acids is 2. The Morgan fingerprint density at radius 1 is 0.706 bits per heavy atom. The summed E-state index contributed by atoms with van der Waals surface area (Å²) in [6, 6.07) is 16.6. The van der Waals surface area contributed by atoms with Gasteiger partial charge in [-0.2, -0.15) is 0 Å². The molecule has 34 heavy (non-hydrogen) atoms. The molecule has 2 aromatic rings. The molecule has 0 aromatic heterocycles. The van der Waals surface area contributed by atoms with Crippen molar-refractivity contribution in [2.75, 3.05) is 31.1 Å². The average Bonchev–Trinajstić information content (AvgIpc) is 3.00. The van der Waals surface area contributed by atoms with E-state index in [9.17, 15) is 9.59 Å². The highest BCUT2D eigenvalue weighted by Gasteiger charge is 2.45. The van der Waals surface area contributed by atoms with Crippen LogP contribution in [0.5, 0.6) is 0 Å². The molecule has 2 aliphatic heterocycles. The molecule has 1 saturated heterocycles. The lowest BCUT2D eigenvalue weighted by Crippen LogP contribution is -2.48. The summed E-state index contributed by atoms with van der Waals surface area (Å²) in [6.45, 7) is 7.29. The molecule has 0 bridgehead atoms. The van der Waals surface area contributed by atoms with Gasteiger partial charge < -0.3 is 9.80 Å². The minimum atomic E-state index is -0.100. The third-order valence-electron chi connectivity index (χ3n) is 7.58. The zero-order valence-electron chi connectivity index (χ0n) is 20.4. The van der Waals surface area contributed by atoms with Crippen LogP contribution in [0.25, 0.3) is 5.57 Å². The average molecular weight is 458 g/mol. The van der Waals surface area contributed by atoms with E-state index >= 15 is 0 Å². The number of rotatable bonds is 4. The number of aryl methyl sites for hydroxylation is 2. The van der Waals surface area contributed by atoms with Crippen LogP contribution in [-0.4, -0.2) is 53.8 Å². The van der Waals surface area contributed by atoms with Gasteiger partial charge in [-0.1, -0.05) is 67.6 Å². The smallest absolute Gasteiger partial charge is 0.278 e. The standard InChI is InChI=1S/C29H35N3O2/c1-21-12-14-23(15-13-21)26-27(29(34)32(28(26)33)24-9-5-3-4-6-10-24)31-18-16-30(17-19-31)25-11-7-8-22(2)20-25/h7-8,11-15,20,24H,3-6,9-10,16-19H2,1-2H3. The molecule has 2 aromatic carbocycles. The lowest BCUT2D eigenvalue weighted by Gasteiger charge is -2.38. The maximum atomic E-state index is 13.9. The first-order valence-electron chi connectivity index (χ1n) is 12.8. The molecule has 0 radical (unpaired) electrons. The van der Waals surface area contributed by atoms with Crippen LogP contribution in [0.1, 0.15) is 55.2 Å². The number of imide groups is 1. The zero-order chi connectivity index (χ0) is 23.7. The van der Waals surface area contributed by atoms with E-state index < -0.39 is 0 Å². The molecule has 1 aliphatic carbocycles. The molecule has 0 unspecified atom stereocenters. The monoisotopic (exact) mass is 457 g/mol. The third kappa shape index (κ3) is 4.36. The van der Waals surface area contributed by atoms with Crippen LogP contribution in [0, 0.1) is 13.8 Å². The predicted molar refractivity (Wildman–Crippen MR) is 136 cm³/mol. The van der Waals surface area contributed by atoms with Crippen LogP contribution in [0.2, 0.25) is 0 Å². The molecular weight excluding hydrogens is 422 g/mol. The van der Waals surface area contributed by atoms with E-state index in [2.05, 4.69) is 41.0 Å². The Morgan fingerprint density at radius 3 is 2.00 bits per heavy atom. The van der Waals surface area contributed by atoms with Crippen molar-refractivity contribution in [3.8, 4) is 0 Å². The van der Waals surface area contributed by atoms with Crippen LogP contribution >= 0.6 is 0 Å². The van der Waals surface area contributed by atoms with E-state index in [-0.39, 0.29) is 17.9 Å². The Morgan fingerprint density at radius 2 is 1.35 bits per heavy atom. The van der Waals surface area contributed by atoms with Crippen molar-refractivity contribution in [2.45, 2.75) is 58.4 Å². The quantitative estimate of drug-likeness (QED) is 0.482. The zero-order valence-corrected chi connectivity index (χ0v) is 20.4. The maximum Gasteiger partial charge on any atom is 0.278 e. The molecule has 1 saturated carbocycles. The Labute approximate surface area is 203 Å². The van der Waals surface area contributed by atoms with Gasteiger partial charge in [0.25, 0.3) is 11.8 Å². The second-order valence-electron chi connectivity index (χ2n) is 10.0. The summed E-state index contributed by atoms with van der Waals surface area (Å²) < 4.78 is 0. The Bertz CT molecular complexity index is 1090. The summed E-state index contributed by atoms with van der Waals surface area (Å²) in [5.41, 5.74) is 5.69. The van der Waals surface area contributed by atoms with Crippen LogP contribution in [0.3, 0.4) is 0 Å². The van der Waals surface area contributed by atoms with E-state index in [1.807, 2.05) is 31.2 Å². The lowest BCUT2D eigenvalue weighted by atomic mass is 10.0. The first kappa shape index (κ1) is 22.7. The largest absolute Gasteiger partial charge is 0.368 e. The van der Waals surface area contributed by atoms with Crippen molar-refractivity contribution in [3.63, 3.8) is 0 Å². The first-order valence-corrected chi connectivity index (χ1v) is 12.8. The topological polar surface area (TPSA) is 43.9 Å². The number of hydrogen-bond acceptors (Lipinski definition) is 4. The van der Waals surface area contributed by atoms with Gasteiger partial charge >= 0.3 is 0 Å². The summed E-state index contributed by atoms with van der Waals surface area (Å²) in [4.78, 5) is 33.8. The molecular formula is C29H35N3O2. The van der Waals surface area contributed by atoms with Gasteiger partial charge in [0.1, 0.15) is 5.70 Å². The molecule has 0 spiro atoms. The third-order valence-corrected chi connectivity index (χ3v) is 7.58. The summed E-state index contributed by atoms with van der Waals surface area (Å²) >= 11 is 0. The van der Waals surface area contributed by atoms with E-state index in [0.29, 0.717) is 11.3 Å². The van der Waals surface area contributed by atoms with Crippen molar-refractivity contribution in [2.24, 2.45) is 0 Å². The number of carbonyl (C=O) groups is 2. The highest BCUT2D eigenvalue weighted by atomic mass is 16.2. The molecule has 0 N–H and O–H groups in total. The van der Waals surface area contributed by atoms with Gasteiger partial charge in [-0.3, -0.25) is 14.5 Å². The fourth-order valence-corrected chi connectivity index (χ4v) is 5.67. The predicted octanol–water partition coefficient (Wildman–Crippen LogP) is 4.93. The van der Waals surface area contributed by atoms with E-state index in [4.69, 9.17) is 0 Å². The molecule has 2 fully saturated rings. The number of hydrogen-bond donors (Lipinski definition) is 0. The Hall–Kier alpha value is -3.08.